The molecule has 6 heteroatoms. The standard InChI is InChI=1S/C17H30N2O4/c1-3-5-6-10-14(17(22)23)18-16(21)13-9-7-11-19(12-13)15(20)8-4-2/h13-14H,3-12H2,1-2H3,(H,18,21)(H,22,23)/t13-,14-/m1/s1. The Hall–Kier alpha value is -1.59. The Morgan fingerprint density at radius 2 is 1.96 bits per heavy atom. The number of aliphatic carboxylic acids is 1. The summed E-state index contributed by atoms with van der Waals surface area (Å²) in [4.78, 5) is 37.4. The number of carboxylic acids is 1. The third-order valence-electron chi connectivity index (χ3n) is 4.32. The van der Waals surface area contributed by atoms with Gasteiger partial charge in [-0.15, -0.1) is 0 Å². The molecule has 0 bridgehead atoms. The van der Waals surface area contributed by atoms with Crippen molar-refractivity contribution in [2.45, 2.75) is 71.3 Å². The summed E-state index contributed by atoms with van der Waals surface area (Å²) in [5.74, 6) is -1.42. The van der Waals surface area contributed by atoms with Gasteiger partial charge in [-0.1, -0.05) is 33.1 Å². The summed E-state index contributed by atoms with van der Waals surface area (Å²) in [6, 6.07) is -0.823. The lowest BCUT2D eigenvalue weighted by Gasteiger charge is -2.32. The van der Waals surface area contributed by atoms with Crippen molar-refractivity contribution in [3.8, 4) is 0 Å². The molecule has 6 nitrogen and oxygen atoms in total. The van der Waals surface area contributed by atoms with Crippen LogP contribution < -0.4 is 5.32 Å². The highest BCUT2D eigenvalue weighted by Crippen LogP contribution is 2.18. The number of nitrogens with zero attached hydrogens (tertiary/aromatic N) is 1. The van der Waals surface area contributed by atoms with Gasteiger partial charge in [0.05, 0.1) is 5.92 Å². The van der Waals surface area contributed by atoms with Gasteiger partial charge in [0, 0.05) is 19.5 Å². The molecule has 2 atom stereocenters. The van der Waals surface area contributed by atoms with E-state index in [4.69, 9.17) is 0 Å². The van der Waals surface area contributed by atoms with Crippen molar-refractivity contribution in [3.63, 3.8) is 0 Å². The molecule has 2 amide bonds. The fraction of sp³-hybridized carbons (Fsp3) is 0.824. The quantitative estimate of drug-likeness (QED) is 0.636. The molecule has 0 saturated carbocycles. The molecule has 0 spiro atoms. The van der Waals surface area contributed by atoms with Gasteiger partial charge in [0.2, 0.25) is 11.8 Å². The van der Waals surface area contributed by atoms with Crippen molar-refractivity contribution in [2.75, 3.05) is 13.1 Å². The van der Waals surface area contributed by atoms with Crippen LogP contribution in [-0.2, 0) is 14.4 Å². The predicted molar refractivity (Wildman–Crippen MR) is 87.9 cm³/mol. The smallest absolute Gasteiger partial charge is 0.326 e. The summed E-state index contributed by atoms with van der Waals surface area (Å²) in [6.45, 7) is 5.12. The highest BCUT2D eigenvalue weighted by molar-refractivity contribution is 5.86. The lowest BCUT2D eigenvalue weighted by molar-refractivity contribution is -0.144. The highest BCUT2D eigenvalue weighted by atomic mass is 16.4. The number of carbonyl (C=O) groups is 3. The summed E-state index contributed by atoms with van der Waals surface area (Å²) in [5.41, 5.74) is 0. The van der Waals surface area contributed by atoms with Gasteiger partial charge in [-0.25, -0.2) is 4.79 Å². The molecule has 0 aromatic carbocycles. The number of nitrogens with one attached hydrogen (secondary N) is 1. The molecular formula is C17H30N2O4. The Kier molecular flexibility index (Phi) is 8.66. The topological polar surface area (TPSA) is 86.7 Å². The Morgan fingerprint density at radius 1 is 1.22 bits per heavy atom. The van der Waals surface area contributed by atoms with Crippen LogP contribution in [0.3, 0.4) is 0 Å². The lowest BCUT2D eigenvalue weighted by Crippen LogP contribution is -2.49. The molecule has 0 unspecified atom stereocenters. The Morgan fingerprint density at radius 3 is 2.57 bits per heavy atom. The molecule has 132 valence electrons. The van der Waals surface area contributed by atoms with Crippen LogP contribution in [0.5, 0.6) is 0 Å². The van der Waals surface area contributed by atoms with Crippen LogP contribution in [0.1, 0.15) is 65.2 Å². The number of rotatable bonds is 9. The van der Waals surface area contributed by atoms with Crippen LogP contribution in [0.2, 0.25) is 0 Å². The number of carboxylic acid groups (broad SMARTS) is 1. The highest BCUT2D eigenvalue weighted by Gasteiger charge is 2.30. The molecule has 1 heterocycles. The van der Waals surface area contributed by atoms with E-state index in [0.29, 0.717) is 32.4 Å². The van der Waals surface area contributed by atoms with Crippen molar-refractivity contribution in [3.05, 3.63) is 0 Å². The average Bonchev–Trinajstić information content (AvgIpc) is 2.54. The molecule has 2 N–H and O–H groups in total. The van der Waals surface area contributed by atoms with Crippen molar-refractivity contribution >= 4 is 17.8 Å². The second-order valence-corrected chi connectivity index (χ2v) is 6.32. The molecule has 1 rings (SSSR count). The molecular weight excluding hydrogens is 296 g/mol. The predicted octanol–water partition coefficient (Wildman–Crippen LogP) is 2.17. The number of hydrogen-bond donors (Lipinski definition) is 2. The minimum absolute atomic E-state index is 0.0859. The van der Waals surface area contributed by atoms with E-state index in [1.165, 1.54) is 0 Å². The van der Waals surface area contributed by atoms with Crippen LogP contribution in [0.25, 0.3) is 0 Å². The van der Waals surface area contributed by atoms with E-state index in [2.05, 4.69) is 12.2 Å². The molecule has 0 aromatic rings. The van der Waals surface area contributed by atoms with Crippen molar-refractivity contribution in [1.82, 2.24) is 10.2 Å². The van der Waals surface area contributed by atoms with Gasteiger partial charge in [0.25, 0.3) is 0 Å². The van der Waals surface area contributed by atoms with Crippen LogP contribution in [0.4, 0.5) is 0 Å². The van der Waals surface area contributed by atoms with E-state index in [1.54, 1.807) is 4.90 Å². The maximum absolute atomic E-state index is 12.4. The van der Waals surface area contributed by atoms with Crippen LogP contribution in [0.15, 0.2) is 0 Å². The minimum atomic E-state index is -0.982. The van der Waals surface area contributed by atoms with Crippen LogP contribution in [0, 0.1) is 5.92 Å². The summed E-state index contributed by atoms with van der Waals surface area (Å²) in [7, 11) is 0. The van der Waals surface area contributed by atoms with Crippen molar-refractivity contribution in [1.29, 1.82) is 0 Å². The molecule has 1 saturated heterocycles. The normalized spacial score (nSPS) is 19.2. The summed E-state index contributed by atoms with van der Waals surface area (Å²) in [5, 5.41) is 11.9. The van der Waals surface area contributed by atoms with Crippen molar-refractivity contribution < 1.29 is 19.5 Å². The van der Waals surface area contributed by atoms with Crippen molar-refractivity contribution in [2.24, 2.45) is 5.92 Å². The second-order valence-electron chi connectivity index (χ2n) is 6.32. The first-order valence-electron chi connectivity index (χ1n) is 8.80. The minimum Gasteiger partial charge on any atom is -0.480 e. The molecule has 23 heavy (non-hydrogen) atoms. The van der Waals surface area contributed by atoms with E-state index in [-0.39, 0.29) is 17.7 Å². The van der Waals surface area contributed by atoms with E-state index in [1.807, 2.05) is 6.92 Å². The van der Waals surface area contributed by atoms with Gasteiger partial charge < -0.3 is 15.3 Å². The van der Waals surface area contributed by atoms with E-state index >= 15 is 0 Å². The lowest BCUT2D eigenvalue weighted by atomic mass is 9.96. The van der Waals surface area contributed by atoms with Gasteiger partial charge in [-0.2, -0.15) is 0 Å². The monoisotopic (exact) mass is 326 g/mol. The summed E-state index contributed by atoms with van der Waals surface area (Å²) in [6.07, 6.45) is 6.03. The number of unbranched alkanes of at least 4 members (excludes halogenated alkanes) is 2. The van der Waals surface area contributed by atoms with Gasteiger partial charge in [-0.3, -0.25) is 9.59 Å². The fourth-order valence-corrected chi connectivity index (χ4v) is 2.94. The maximum Gasteiger partial charge on any atom is 0.326 e. The Labute approximate surface area is 138 Å². The summed E-state index contributed by atoms with van der Waals surface area (Å²) < 4.78 is 0. The first kappa shape index (κ1) is 19.5. The number of hydrogen-bond acceptors (Lipinski definition) is 3. The average molecular weight is 326 g/mol. The van der Waals surface area contributed by atoms with E-state index in [0.717, 1.165) is 32.1 Å². The van der Waals surface area contributed by atoms with Gasteiger partial charge in [-0.05, 0) is 25.7 Å². The molecule has 1 aliphatic rings. The molecule has 1 aliphatic heterocycles. The maximum atomic E-state index is 12.4. The zero-order valence-electron chi connectivity index (χ0n) is 14.3. The first-order valence-corrected chi connectivity index (χ1v) is 8.80. The Balaban J connectivity index is 2.53. The summed E-state index contributed by atoms with van der Waals surface area (Å²) >= 11 is 0. The SMILES string of the molecule is CCCCC[C@@H](NC(=O)[C@@H]1CCCN(C(=O)CCC)C1)C(=O)O. The van der Waals surface area contributed by atoms with E-state index < -0.39 is 12.0 Å². The van der Waals surface area contributed by atoms with E-state index in [9.17, 15) is 19.5 Å². The molecule has 0 aliphatic carbocycles. The second kappa shape index (κ2) is 10.2. The fourth-order valence-electron chi connectivity index (χ4n) is 2.94. The number of amides is 2. The number of likely N-dealkylation sites (tertiary alicyclic amines) is 1. The van der Waals surface area contributed by atoms with Gasteiger partial charge in [0.1, 0.15) is 6.04 Å². The van der Waals surface area contributed by atoms with Gasteiger partial charge in [0.15, 0.2) is 0 Å². The number of piperidine rings is 1. The molecule has 1 fully saturated rings. The molecule has 0 aromatic heterocycles. The van der Waals surface area contributed by atoms with Crippen LogP contribution in [-0.4, -0.2) is 46.9 Å². The third kappa shape index (κ3) is 6.59. The third-order valence-corrected chi connectivity index (χ3v) is 4.32. The molecule has 0 radical (unpaired) electrons. The first-order chi connectivity index (χ1) is 11.0. The largest absolute Gasteiger partial charge is 0.480 e. The zero-order valence-corrected chi connectivity index (χ0v) is 14.3. The van der Waals surface area contributed by atoms with Crippen LogP contribution >= 0.6 is 0 Å². The Bertz CT molecular complexity index is 411. The zero-order chi connectivity index (χ0) is 17.2. The van der Waals surface area contributed by atoms with Gasteiger partial charge >= 0.3 is 5.97 Å². The number of carbonyl (C=O) groups excluding carboxylic acids is 2.